The molecule has 0 bridgehead atoms. The minimum atomic E-state index is -0.0666. The van der Waals surface area contributed by atoms with Crippen LogP contribution < -0.4 is 5.73 Å². The molecule has 0 aliphatic heterocycles. The molecule has 0 radical (unpaired) electrons. The maximum absolute atomic E-state index is 12.6. The van der Waals surface area contributed by atoms with E-state index in [1.165, 1.54) is 11.8 Å². The zero-order chi connectivity index (χ0) is 14.1. The van der Waals surface area contributed by atoms with Gasteiger partial charge in [0.1, 0.15) is 5.69 Å². The van der Waals surface area contributed by atoms with E-state index in [-0.39, 0.29) is 5.91 Å². The van der Waals surface area contributed by atoms with Gasteiger partial charge in [0.05, 0.1) is 11.9 Å². The maximum Gasteiger partial charge on any atom is 0.274 e. The van der Waals surface area contributed by atoms with Gasteiger partial charge < -0.3 is 10.6 Å². The lowest BCUT2D eigenvalue weighted by Crippen LogP contribution is -2.33. The molecule has 20 heavy (non-hydrogen) atoms. The molecular weight excluding hydrogens is 252 g/mol. The predicted octanol–water partition coefficient (Wildman–Crippen LogP) is 2.11. The quantitative estimate of drug-likeness (QED) is 0.893. The fourth-order valence-electron chi connectivity index (χ4n) is 2.25. The van der Waals surface area contributed by atoms with Crippen LogP contribution in [0.5, 0.6) is 0 Å². The van der Waals surface area contributed by atoms with E-state index in [0.717, 1.165) is 18.4 Å². The van der Waals surface area contributed by atoms with Crippen molar-refractivity contribution in [1.29, 1.82) is 0 Å². The van der Waals surface area contributed by atoms with E-state index in [0.29, 0.717) is 24.0 Å². The van der Waals surface area contributed by atoms with Crippen LogP contribution in [0.3, 0.4) is 0 Å². The van der Waals surface area contributed by atoms with Gasteiger partial charge in [-0.25, -0.2) is 0 Å². The summed E-state index contributed by atoms with van der Waals surface area (Å²) in [6, 6.07) is 8.58. The summed E-state index contributed by atoms with van der Waals surface area (Å²) in [5, 5.41) is 6.52. The van der Waals surface area contributed by atoms with Gasteiger partial charge >= 0.3 is 0 Å². The first-order valence-corrected chi connectivity index (χ1v) is 6.80. The Balaban J connectivity index is 1.81. The van der Waals surface area contributed by atoms with E-state index in [4.69, 9.17) is 5.73 Å². The molecule has 1 fully saturated rings. The van der Waals surface area contributed by atoms with Gasteiger partial charge in [-0.3, -0.25) is 9.89 Å². The van der Waals surface area contributed by atoms with Gasteiger partial charge in [0.25, 0.3) is 5.91 Å². The number of carbonyl (C=O) groups excluding carboxylic acids is 1. The number of nitrogens with two attached hydrogens (primary N) is 1. The largest absolute Gasteiger partial charge is 0.396 e. The number of hydrogen-bond donors (Lipinski definition) is 2. The standard InChI is InChI=1S/C15H18N4O/c1-10-2-4-11(5-3-10)9-19(12-6-7-12)15(20)14-13(16)8-17-18-14/h2-5,8,12H,6-7,9,16H2,1H3,(H,17,18). The molecule has 0 unspecified atom stereocenters. The lowest BCUT2D eigenvalue weighted by Gasteiger charge is -2.22. The van der Waals surface area contributed by atoms with Gasteiger partial charge in [0.15, 0.2) is 0 Å². The second-order valence-corrected chi connectivity index (χ2v) is 5.35. The summed E-state index contributed by atoms with van der Waals surface area (Å²) in [5.74, 6) is -0.0666. The van der Waals surface area contributed by atoms with Crippen LogP contribution in [-0.2, 0) is 6.54 Å². The van der Waals surface area contributed by atoms with Gasteiger partial charge in [-0.05, 0) is 25.3 Å². The van der Waals surface area contributed by atoms with Crippen molar-refractivity contribution in [1.82, 2.24) is 15.1 Å². The van der Waals surface area contributed by atoms with Crippen LogP contribution in [0.15, 0.2) is 30.5 Å². The number of aryl methyl sites for hydroxylation is 1. The fraction of sp³-hybridized carbons (Fsp3) is 0.333. The number of nitrogens with one attached hydrogen (secondary N) is 1. The highest BCUT2D eigenvalue weighted by Gasteiger charge is 2.34. The summed E-state index contributed by atoms with van der Waals surface area (Å²) in [6.07, 6.45) is 3.60. The monoisotopic (exact) mass is 270 g/mol. The van der Waals surface area contributed by atoms with Crippen molar-refractivity contribution in [2.24, 2.45) is 0 Å². The second kappa shape index (κ2) is 5.00. The minimum Gasteiger partial charge on any atom is -0.396 e. The smallest absolute Gasteiger partial charge is 0.274 e. The highest BCUT2D eigenvalue weighted by atomic mass is 16.2. The van der Waals surface area contributed by atoms with Crippen molar-refractivity contribution < 1.29 is 4.79 Å². The fourth-order valence-corrected chi connectivity index (χ4v) is 2.25. The number of nitrogen functional groups attached to an aromatic ring is 1. The summed E-state index contributed by atoms with van der Waals surface area (Å²) in [7, 11) is 0. The molecule has 1 aliphatic carbocycles. The summed E-state index contributed by atoms with van der Waals surface area (Å²) in [5.41, 5.74) is 8.92. The normalized spacial score (nSPS) is 14.2. The van der Waals surface area contributed by atoms with Crippen molar-refractivity contribution in [2.75, 3.05) is 5.73 Å². The molecular formula is C15H18N4O. The summed E-state index contributed by atoms with van der Waals surface area (Å²) in [6.45, 7) is 2.67. The summed E-state index contributed by atoms with van der Waals surface area (Å²) < 4.78 is 0. The molecule has 2 aromatic rings. The number of carbonyl (C=O) groups is 1. The zero-order valence-corrected chi connectivity index (χ0v) is 11.5. The Hall–Kier alpha value is -2.30. The van der Waals surface area contributed by atoms with Crippen molar-refractivity contribution in [3.8, 4) is 0 Å². The maximum atomic E-state index is 12.6. The molecule has 3 rings (SSSR count). The van der Waals surface area contributed by atoms with E-state index >= 15 is 0 Å². The molecule has 1 aromatic carbocycles. The van der Waals surface area contributed by atoms with Crippen LogP contribution in [0.1, 0.15) is 34.5 Å². The average molecular weight is 270 g/mol. The van der Waals surface area contributed by atoms with Crippen LogP contribution in [0.25, 0.3) is 0 Å². The second-order valence-electron chi connectivity index (χ2n) is 5.35. The molecule has 1 aromatic heterocycles. The molecule has 0 spiro atoms. The molecule has 0 saturated heterocycles. The first kappa shape index (κ1) is 12.7. The Labute approximate surface area is 117 Å². The Kier molecular flexibility index (Phi) is 3.18. The van der Waals surface area contributed by atoms with Crippen LogP contribution >= 0.6 is 0 Å². The number of H-pyrrole nitrogens is 1. The van der Waals surface area contributed by atoms with E-state index in [2.05, 4.69) is 41.4 Å². The minimum absolute atomic E-state index is 0.0666. The highest BCUT2D eigenvalue weighted by Crippen LogP contribution is 2.30. The molecule has 5 nitrogen and oxygen atoms in total. The molecule has 1 aliphatic rings. The number of anilines is 1. The third-order valence-corrected chi connectivity index (χ3v) is 3.60. The summed E-state index contributed by atoms with van der Waals surface area (Å²) >= 11 is 0. The van der Waals surface area contributed by atoms with E-state index in [1.807, 2.05) is 4.90 Å². The van der Waals surface area contributed by atoms with Gasteiger partial charge in [-0.1, -0.05) is 29.8 Å². The molecule has 3 N–H and O–H groups in total. The Bertz CT molecular complexity index is 613. The highest BCUT2D eigenvalue weighted by molar-refractivity contribution is 5.97. The van der Waals surface area contributed by atoms with Gasteiger partial charge in [0.2, 0.25) is 0 Å². The summed E-state index contributed by atoms with van der Waals surface area (Å²) in [4.78, 5) is 14.4. The predicted molar refractivity (Wildman–Crippen MR) is 77.1 cm³/mol. The lowest BCUT2D eigenvalue weighted by atomic mass is 10.1. The van der Waals surface area contributed by atoms with Crippen LogP contribution in [0, 0.1) is 6.92 Å². The Morgan fingerprint density at radius 3 is 2.65 bits per heavy atom. The number of amides is 1. The zero-order valence-electron chi connectivity index (χ0n) is 11.5. The van der Waals surface area contributed by atoms with E-state index in [1.54, 1.807) is 0 Å². The molecule has 104 valence electrons. The third-order valence-electron chi connectivity index (χ3n) is 3.60. The van der Waals surface area contributed by atoms with Gasteiger partial charge in [-0.2, -0.15) is 5.10 Å². The van der Waals surface area contributed by atoms with Crippen molar-refractivity contribution in [2.45, 2.75) is 32.4 Å². The molecule has 0 atom stereocenters. The van der Waals surface area contributed by atoms with Crippen molar-refractivity contribution >= 4 is 11.6 Å². The number of rotatable bonds is 4. The number of hydrogen-bond acceptors (Lipinski definition) is 3. The molecule has 5 heteroatoms. The SMILES string of the molecule is Cc1ccc(CN(C(=O)c2[nH]ncc2N)C2CC2)cc1. The van der Waals surface area contributed by atoms with Crippen LogP contribution in [0.4, 0.5) is 5.69 Å². The Morgan fingerprint density at radius 1 is 1.40 bits per heavy atom. The lowest BCUT2D eigenvalue weighted by molar-refractivity contribution is 0.0725. The van der Waals surface area contributed by atoms with Gasteiger partial charge in [-0.15, -0.1) is 0 Å². The molecule has 1 amide bonds. The molecule has 1 saturated carbocycles. The number of aromatic nitrogens is 2. The van der Waals surface area contributed by atoms with E-state index in [9.17, 15) is 4.79 Å². The number of aromatic amines is 1. The number of nitrogens with zero attached hydrogens (tertiary/aromatic N) is 2. The van der Waals surface area contributed by atoms with Gasteiger partial charge in [0, 0.05) is 12.6 Å². The average Bonchev–Trinajstić information content (AvgIpc) is 3.19. The first-order chi connectivity index (χ1) is 9.65. The van der Waals surface area contributed by atoms with Crippen LogP contribution in [-0.4, -0.2) is 27.0 Å². The van der Waals surface area contributed by atoms with Crippen LogP contribution in [0.2, 0.25) is 0 Å². The Morgan fingerprint density at radius 2 is 2.10 bits per heavy atom. The number of benzene rings is 1. The van der Waals surface area contributed by atoms with E-state index < -0.39 is 0 Å². The molecule has 1 heterocycles. The third kappa shape index (κ3) is 2.52. The topological polar surface area (TPSA) is 75.0 Å². The first-order valence-electron chi connectivity index (χ1n) is 6.80. The van der Waals surface area contributed by atoms with Crippen molar-refractivity contribution in [3.05, 3.63) is 47.3 Å². The van der Waals surface area contributed by atoms with Crippen molar-refractivity contribution in [3.63, 3.8) is 0 Å².